The van der Waals surface area contributed by atoms with Gasteiger partial charge in [0.05, 0.1) is 13.5 Å². The van der Waals surface area contributed by atoms with Gasteiger partial charge in [-0.2, -0.15) is 0 Å². The molecule has 0 fully saturated rings. The summed E-state index contributed by atoms with van der Waals surface area (Å²) in [7, 11) is 1.58. The first-order valence-corrected chi connectivity index (χ1v) is 7.78. The quantitative estimate of drug-likeness (QED) is 0.766. The molecule has 0 saturated heterocycles. The Bertz CT molecular complexity index is 609. The van der Waals surface area contributed by atoms with Crippen LogP contribution < -0.4 is 15.4 Å². The van der Waals surface area contributed by atoms with Gasteiger partial charge < -0.3 is 15.4 Å². The molecule has 0 spiro atoms. The van der Waals surface area contributed by atoms with Gasteiger partial charge in [-0.3, -0.25) is 9.59 Å². The summed E-state index contributed by atoms with van der Waals surface area (Å²) in [5, 5.41) is 7.48. The second-order valence-corrected chi connectivity index (χ2v) is 5.62. The molecular weight excluding hydrogens is 300 g/mol. The summed E-state index contributed by atoms with van der Waals surface area (Å²) in [5.41, 5.74) is 0.561. The van der Waals surface area contributed by atoms with Gasteiger partial charge in [0.1, 0.15) is 5.75 Å². The molecule has 1 aromatic heterocycles. The largest absolute Gasteiger partial charge is 0.497 e. The van der Waals surface area contributed by atoms with Crippen LogP contribution in [-0.2, 0) is 11.2 Å². The molecule has 1 heterocycles. The van der Waals surface area contributed by atoms with Crippen LogP contribution >= 0.6 is 11.3 Å². The van der Waals surface area contributed by atoms with E-state index in [1.165, 1.54) is 0 Å². The number of ether oxygens (including phenoxy) is 1. The van der Waals surface area contributed by atoms with Crippen molar-refractivity contribution in [2.75, 3.05) is 20.2 Å². The minimum Gasteiger partial charge on any atom is -0.497 e. The number of amides is 2. The van der Waals surface area contributed by atoms with Gasteiger partial charge in [0.2, 0.25) is 5.91 Å². The van der Waals surface area contributed by atoms with Gasteiger partial charge in [0, 0.05) is 23.5 Å². The van der Waals surface area contributed by atoms with Crippen molar-refractivity contribution in [2.45, 2.75) is 6.42 Å². The number of hydrogen-bond acceptors (Lipinski definition) is 4. The van der Waals surface area contributed by atoms with E-state index < -0.39 is 0 Å². The van der Waals surface area contributed by atoms with Crippen molar-refractivity contribution in [1.29, 1.82) is 0 Å². The van der Waals surface area contributed by atoms with E-state index in [4.69, 9.17) is 4.74 Å². The standard InChI is InChI=1S/C16H18N2O3S/c1-21-13-6-4-12(5-7-13)16(20)18-9-8-17-15(19)11-14-3-2-10-22-14/h2-7,10H,8-9,11H2,1H3,(H,17,19)(H,18,20). The number of nitrogens with one attached hydrogen (secondary N) is 2. The Kier molecular flexibility index (Phi) is 5.97. The Hall–Kier alpha value is -2.34. The predicted octanol–water partition coefficient (Wildman–Crippen LogP) is 1.85. The van der Waals surface area contributed by atoms with E-state index in [0.717, 1.165) is 4.88 Å². The monoisotopic (exact) mass is 318 g/mol. The van der Waals surface area contributed by atoms with E-state index in [9.17, 15) is 9.59 Å². The van der Waals surface area contributed by atoms with Crippen molar-refractivity contribution in [1.82, 2.24) is 10.6 Å². The predicted molar refractivity (Wildman–Crippen MR) is 86.4 cm³/mol. The van der Waals surface area contributed by atoms with Crippen molar-refractivity contribution in [2.24, 2.45) is 0 Å². The molecule has 0 aliphatic rings. The first-order chi connectivity index (χ1) is 10.7. The first kappa shape index (κ1) is 16.0. The van der Waals surface area contributed by atoms with Crippen LogP contribution in [0.1, 0.15) is 15.2 Å². The number of hydrogen-bond donors (Lipinski definition) is 2. The van der Waals surface area contributed by atoms with E-state index in [-0.39, 0.29) is 11.8 Å². The molecule has 6 heteroatoms. The van der Waals surface area contributed by atoms with Crippen LogP contribution in [0.15, 0.2) is 41.8 Å². The summed E-state index contributed by atoms with van der Waals surface area (Å²) in [6.45, 7) is 0.799. The van der Waals surface area contributed by atoms with Gasteiger partial charge in [-0.25, -0.2) is 0 Å². The average Bonchev–Trinajstić information content (AvgIpc) is 3.04. The summed E-state index contributed by atoms with van der Waals surface area (Å²) < 4.78 is 5.04. The minimum atomic E-state index is -0.171. The third kappa shape index (κ3) is 4.89. The van der Waals surface area contributed by atoms with E-state index in [1.807, 2.05) is 17.5 Å². The van der Waals surface area contributed by atoms with E-state index >= 15 is 0 Å². The van der Waals surface area contributed by atoms with Crippen LogP contribution in [0.4, 0.5) is 0 Å². The second kappa shape index (κ2) is 8.19. The van der Waals surface area contributed by atoms with Crippen molar-refractivity contribution in [3.05, 3.63) is 52.2 Å². The molecule has 2 amide bonds. The highest BCUT2D eigenvalue weighted by molar-refractivity contribution is 7.10. The zero-order valence-corrected chi connectivity index (χ0v) is 13.1. The maximum absolute atomic E-state index is 11.9. The lowest BCUT2D eigenvalue weighted by atomic mass is 10.2. The lowest BCUT2D eigenvalue weighted by Crippen LogP contribution is -2.35. The number of thiophene rings is 1. The fourth-order valence-electron chi connectivity index (χ4n) is 1.86. The second-order valence-electron chi connectivity index (χ2n) is 4.59. The van der Waals surface area contributed by atoms with Crippen LogP contribution in [0.5, 0.6) is 5.75 Å². The number of benzene rings is 1. The Morgan fingerprint density at radius 2 is 1.82 bits per heavy atom. The maximum Gasteiger partial charge on any atom is 0.251 e. The molecule has 2 rings (SSSR count). The molecule has 0 atom stereocenters. The molecule has 0 radical (unpaired) electrons. The normalized spacial score (nSPS) is 10.0. The Morgan fingerprint density at radius 1 is 1.09 bits per heavy atom. The zero-order chi connectivity index (χ0) is 15.8. The SMILES string of the molecule is COc1ccc(C(=O)NCCNC(=O)Cc2cccs2)cc1. The summed E-state index contributed by atoms with van der Waals surface area (Å²) in [5.74, 6) is 0.494. The lowest BCUT2D eigenvalue weighted by molar-refractivity contribution is -0.120. The molecular formula is C16H18N2O3S. The highest BCUT2D eigenvalue weighted by atomic mass is 32.1. The van der Waals surface area contributed by atoms with E-state index in [1.54, 1.807) is 42.7 Å². The summed E-state index contributed by atoms with van der Waals surface area (Å²) in [6, 6.07) is 10.7. The van der Waals surface area contributed by atoms with Gasteiger partial charge in [-0.15, -0.1) is 11.3 Å². The van der Waals surface area contributed by atoms with Crippen LogP contribution in [0.3, 0.4) is 0 Å². The maximum atomic E-state index is 11.9. The summed E-state index contributed by atoms with van der Waals surface area (Å²) in [4.78, 5) is 24.6. The number of carbonyl (C=O) groups is 2. The van der Waals surface area contributed by atoms with Gasteiger partial charge >= 0.3 is 0 Å². The topological polar surface area (TPSA) is 67.4 Å². The average molecular weight is 318 g/mol. The smallest absolute Gasteiger partial charge is 0.251 e. The van der Waals surface area contributed by atoms with Gasteiger partial charge in [0.25, 0.3) is 5.91 Å². The fourth-order valence-corrected chi connectivity index (χ4v) is 2.56. The molecule has 116 valence electrons. The zero-order valence-electron chi connectivity index (χ0n) is 12.3. The lowest BCUT2D eigenvalue weighted by Gasteiger charge is -2.07. The van der Waals surface area contributed by atoms with Gasteiger partial charge in [-0.05, 0) is 35.7 Å². The van der Waals surface area contributed by atoms with Crippen LogP contribution in [0, 0.1) is 0 Å². The van der Waals surface area contributed by atoms with E-state index in [0.29, 0.717) is 30.8 Å². The molecule has 2 aromatic rings. The fraction of sp³-hybridized carbons (Fsp3) is 0.250. The summed E-state index contributed by atoms with van der Waals surface area (Å²) in [6.07, 6.45) is 0.379. The van der Waals surface area contributed by atoms with Crippen LogP contribution in [-0.4, -0.2) is 32.0 Å². The molecule has 0 aliphatic carbocycles. The highest BCUT2D eigenvalue weighted by Crippen LogP contribution is 2.11. The van der Waals surface area contributed by atoms with Crippen molar-refractivity contribution >= 4 is 23.2 Å². The Labute approximate surface area is 133 Å². The van der Waals surface area contributed by atoms with Crippen molar-refractivity contribution in [3.63, 3.8) is 0 Å². The highest BCUT2D eigenvalue weighted by Gasteiger charge is 2.06. The molecule has 0 unspecified atom stereocenters. The number of methoxy groups -OCH3 is 1. The Morgan fingerprint density at radius 3 is 2.45 bits per heavy atom. The molecule has 0 saturated carbocycles. The molecule has 2 N–H and O–H groups in total. The van der Waals surface area contributed by atoms with Gasteiger partial charge in [0.15, 0.2) is 0 Å². The van der Waals surface area contributed by atoms with Gasteiger partial charge in [-0.1, -0.05) is 6.07 Å². The number of carbonyl (C=O) groups excluding carboxylic acids is 2. The van der Waals surface area contributed by atoms with Crippen molar-refractivity contribution < 1.29 is 14.3 Å². The first-order valence-electron chi connectivity index (χ1n) is 6.90. The summed E-state index contributed by atoms with van der Waals surface area (Å²) >= 11 is 1.55. The molecule has 1 aromatic carbocycles. The molecule has 5 nitrogen and oxygen atoms in total. The third-order valence-electron chi connectivity index (χ3n) is 3.00. The molecule has 0 aliphatic heterocycles. The molecule has 22 heavy (non-hydrogen) atoms. The minimum absolute atomic E-state index is 0.0406. The van der Waals surface area contributed by atoms with E-state index in [2.05, 4.69) is 10.6 Å². The number of rotatable bonds is 7. The Balaban J connectivity index is 1.67. The third-order valence-corrected chi connectivity index (χ3v) is 3.88. The molecule has 0 bridgehead atoms. The van der Waals surface area contributed by atoms with Crippen molar-refractivity contribution in [3.8, 4) is 5.75 Å². The van der Waals surface area contributed by atoms with Crippen LogP contribution in [0.2, 0.25) is 0 Å². The van der Waals surface area contributed by atoms with Crippen LogP contribution in [0.25, 0.3) is 0 Å².